The highest BCUT2D eigenvalue weighted by Gasteiger charge is 2.47. The topological polar surface area (TPSA) is 53.5 Å². The summed E-state index contributed by atoms with van der Waals surface area (Å²) < 4.78 is 0. The zero-order valence-electron chi connectivity index (χ0n) is 6.21. The summed E-state index contributed by atoms with van der Waals surface area (Å²) in [6.45, 7) is 0. The van der Waals surface area contributed by atoms with E-state index in [1.807, 2.05) is 0 Å². The van der Waals surface area contributed by atoms with Gasteiger partial charge in [-0.05, 0) is 18.8 Å². The third-order valence-corrected chi connectivity index (χ3v) is 2.61. The van der Waals surface area contributed by atoms with Gasteiger partial charge in [0.1, 0.15) is 0 Å². The maximum Gasteiger partial charge on any atom is 0.335 e. The predicted octanol–water partition coefficient (Wildman–Crippen LogP) is 1.00. The Morgan fingerprint density at radius 3 is 3.00 bits per heavy atom. The van der Waals surface area contributed by atoms with E-state index < -0.39 is 0 Å². The number of ketones is 1. The van der Waals surface area contributed by atoms with E-state index in [4.69, 9.17) is 5.53 Å². The quantitative estimate of drug-likeness (QED) is 0.374. The molecule has 57 valence electrons. The van der Waals surface area contributed by atoms with E-state index in [2.05, 4.69) is 4.79 Å². The molecule has 0 heterocycles. The first kappa shape index (κ1) is 6.74. The first-order chi connectivity index (χ1) is 5.33. The molecule has 0 N–H and O–H groups in total. The van der Waals surface area contributed by atoms with E-state index in [1.54, 1.807) is 0 Å². The Labute approximate surface area is 65.0 Å². The molecule has 0 amide bonds. The minimum absolute atomic E-state index is 0.00926. The molecule has 2 aliphatic rings. The normalized spacial score (nSPS) is 30.7. The van der Waals surface area contributed by atoms with Crippen LogP contribution in [0, 0.1) is 11.8 Å². The second-order valence-corrected chi connectivity index (χ2v) is 3.19. The van der Waals surface area contributed by atoms with Crippen molar-refractivity contribution in [1.82, 2.24) is 0 Å². The average molecular weight is 149 g/mol. The lowest BCUT2D eigenvalue weighted by atomic mass is 10.0. The highest BCUT2D eigenvalue weighted by atomic mass is 16.1. The fourth-order valence-corrected chi connectivity index (χ4v) is 2.04. The van der Waals surface area contributed by atoms with Crippen LogP contribution in [0.3, 0.4) is 0 Å². The molecule has 0 aromatic heterocycles. The van der Waals surface area contributed by atoms with Gasteiger partial charge in [-0.3, -0.25) is 4.79 Å². The summed E-state index contributed by atoms with van der Waals surface area (Å²) in [5.74, 6) is 1.42. The number of nitrogens with zero attached hydrogens (tertiary/aromatic N) is 2. The third-order valence-electron chi connectivity index (χ3n) is 2.61. The molecular formula is C8H9N2O. The van der Waals surface area contributed by atoms with Crippen molar-refractivity contribution in [3.63, 3.8) is 0 Å². The monoisotopic (exact) mass is 149 g/mol. The predicted molar refractivity (Wildman–Crippen MR) is 38.8 cm³/mol. The molecule has 3 heteroatoms. The van der Waals surface area contributed by atoms with Gasteiger partial charge in [-0.1, -0.05) is 6.42 Å². The fourth-order valence-electron chi connectivity index (χ4n) is 2.04. The van der Waals surface area contributed by atoms with Crippen LogP contribution in [-0.4, -0.2) is 16.3 Å². The minimum Gasteiger partial charge on any atom is -0.361 e. The number of Topliss-reactive ketones (excluding diaryl/α,β-unsaturated/α-hetero) is 1. The van der Waals surface area contributed by atoms with Gasteiger partial charge < -0.3 is 5.53 Å². The van der Waals surface area contributed by atoms with Crippen LogP contribution >= 0.6 is 0 Å². The van der Waals surface area contributed by atoms with E-state index in [0.717, 1.165) is 25.2 Å². The number of hydrogen-bond donors (Lipinski definition) is 0. The summed E-state index contributed by atoms with van der Waals surface area (Å²) in [4.78, 5) is 14.3. The smallest absolute Gasteiger partial charge is 0.335 e. The third kappa shape index (κ3) is 0.847. The van der Waals surface area contributed by atoms with Crippen LogP contribution in [0.4, 0.5) is 0 Å². The number of fused-ring (bicyclic) bond motifs is 1. The molecule has 0 aliphatic heterocycles. The van der Waals surface area contributed by atoms with Crippen LogP contribution in [0.5, 0.6) is 0 Å². The molecule has 0 saturated heterocycles. The molecule has 1 atom stereocenters. The Bertz CT molecular complexity index is 253. The molecule has 1 radical (unpaired) electrons. The van der Waals surface area contributed by atoms with Crippen LogP contribution in [0.15, 0.2) is 0 Å². The highest BCUT2D eigenvalue weighted by molar-refractivity contribution is 6.45. The van der Waals surface area contributed by atoms with E-state index in [0.29, 0.717) is 18.1 Å². The molecule has 0 aromatic rings. The van der Waals surface area contributed by atoms with Crippen molar-refractivity contribution >= 4 is 11.5 Å². The molecular weight excluding hydrogens is 140 g/mol. The van der Waals surface area contributed by atoms with E-state index in [1.165, 1.54) is 0 Å². The van der Waals surface area contributed by atoms with Gasteiger partial charge in [0.15, 0.2) is 0 Å². The largest absolute Gasteiger partial charge is 0.361 e. The molecule has 0 bridgehead atoms. The number of hydrogen-bond acceptors (Lipinski definition) is 1. The van der Waals surface area contributed by atoms with Crippen molar-refractivity contribution in [3.05, 3.63) is 11.4 Å². The van der Waals surface area contributed by atoms with Crippen molar-refractivity contribution in [2.45, 2.75) is 25.7 Å². The van der Waals surface area contributed by atoms with Crippen molar-refractivity contribution in [2.24, 2.45) is 5.92 Å². The fraction of sp³-hybridized carbons (Fsp3) is 0.625. The average Bonchev–Trinajstić information content (AvgIpc) is 2.53. The van der Waals surface area contributed by atoms with E-state index >= 15 is 0 Å². The van der Waals surface area contributed by atoms with Gasteiger partial charge in [-0.25, -0.2) is 0 Å². The zero-order valence-corrected chi connectivity index (χ0v) is 6.21. The Balaban J connectivity index is 2.30. The lowest BCUT2D eigenvalue weighted by Gasteiger charge is -1.99. The van der Waals surface area contributed by atoms with Crippen LogP contribution in [0.2, 0.25) is 0 Å². The maximum atomic E-state index is 11.3. The Morgan fingerprint density at radius 1 is 1.55 bits per heavy atom. The minimum atomic E-state index is 0.00926. The van der Waals surface area contributed by atoms with Crippen LogP contribution in [0.25, 0.3) is 5.53 Å². The summed E-state index contributed by atoms with van der Waals surface area (Å²) in [7, 11) is 0. The standard InChI is InChI=1S/C8H9N2O/c9-10-7-4-5-2-1-3-6(5)8(7)11/h5H,1-4H2. The molecule has 2 saturated carbocycles. The molecule has 2 rings (SSSR count). The molecule has 11 heavy (non-hydrogen) atoms. The van der Waals surface area contributed by atoms with Gasteiger partial charge in [0, 0.05) is 0 Å². The maximum absolute atomic E-state index is 11.3. The SMILES string of the molecule is [N-]=[N+]=C1CC2CCC[C]2C1=O. The molecule has 3 nitrogen and oxygen atoms in total. The van der Waals surface area contributed by atoms with Gasteiger partial charge in [-0.2, -0.15) is 4.79 Å². The summed E-state index contributed by atoms with van der Waals surface area (Å²) in [6, 6.07) is 0. The van der Waals surface area contributed by atoms with Gasteiger partial charge >= 0.3 is 5.71 Å². The Morgan fingerprint density at radius 2 is 2.36 bits per heavy atom. The second-order valence-electron chi connectivity index (χ2n) is 3.19. The van der Waals surface area contributed by atoms with Crippen LogP contribution < -0.4 is 0 Å². The van der Waals surface area contributed by atoms with E-state index in [-0.39, 0.29) is 5.78 Å². The number of carbonyl (C=O) groups excluding carboxylic acids is 1. The van der Waals surface area contributed by atoms with Crippen LogP contribution in [0.1, 0.15) is 25.7 Å². The lowest BCUT2D eigenvalue weighted by Crippen LogP contribution is -2.11. The number of carbonyl (C=O) groups is 1. The van der Waals surface area contributed by atoms with Crippen molar-refractivity contribution in [2.75, 3.05) is 0 Å². The van der Waals surface area contributed by atoms with Crippen molar-refractivity contribution < 1.29 is 9.58 Å². The van der Waals surface area contributed by atoms with Crippen molar-refractivity contribution in [3.8, 4) is 0 Å². The molecule has 2 aliphatic carbocycles. The summed E-state index contributed by atoms with van der Waals surface area (Å²) in [6.07, 6.45) is 3.82. The first-order valence-corrected chi connectivity index (χ1v) is 3.94. The highest BCUT2D eigenvalue weighted by Crippen LogP contribution is 2.41. The van der Waals surface area contributed by atoms with Gasteiger partial charge in [0.25, 0.3) is 0 Å². The summed E-state index contributed by atoms with van der Waals surface area (Å²) in [5, 5.41) is 0. The molecule has 0 aromatic carbocycles. The lowest BCUT2D eigenvalue weighted by molar-refractivity contribution is -0.115. The molecule has 0 spiro atoms. The second kappa shape index (κ2) is 2.28. The number of rotatable bonds is 0. The van der Waals surface area contributed by atoms with Crippen LogP contribution in [-0.2, 0) is 4.79 Å². The van der Waals surface area contributed by atoms with Gasteiger partial charge in [-0.15, -0.1) is 0 Å². The van der Waals surface area contributed by atoms with Crippen molar-refractivity contribution in [1.29, 1.82) is 0 Å². The Hall–Kier alpha value is -0.950. The molecule has 2 fully saturated rings. The Kier molecular flexibility index (Phi) is 1.40. The molecule has 1 unspecified atom stereocenters. The van der Waals surface area contributed by atoms with Gasteiger partial charge in [0.2, 0.25) is 5.78 Å². The summed E-state index contributed by atoms with van der Waals surface area (Å²) in [5.41, 5.74) is 8.81. The summed E-state index contributed by atoms with van der Waals surface area (Å²) >= 11 is 0. The van der Waals surface area contributed by atoms with Gasteiger partial charge in [0.05, 0.1) is 12.3 Å². The van der Waals surface area contributed by atoms with E-state index in [9.17, 15) is 4.79 Å². The first-order valence-electron chi connectivity index (χ1n) is 3.94. The zero-order chi connectivity index (χ0) is 7.84.